The van der Waals surface area contributed by atoms with Gasteiger partial charge in [0.2, 0.25) is 0 Å². The number of benzene rings is 1. The van der Waals surface area contributed by atoms with E-state index in [0.717, 1.165) is 12.0 Å². The first-order chi connectivity index (χ1) is 9.02. The Hall–Kier alpha value is -1.88. The quantitative estimate of drug-likeness (QED) is 0.786. The van der Waals surface area contributed by atoms with E-state index in [0.29, 0.717) is 5.56 Å². The molecule has 1 rings (SSSR count). The van der Waals surface area contributed by atoms with Crippen molar-refractivity contribution in [1.82, 2.24) is 0 Å². The summed E-state index contributed by atoms with van der Waals surface area (Å²) >= 11 is 0. The van der Waals surface area contributed by atoms with Crippen LogP contribution in [0.4, 0.5) is 0 Å². The maximum atomic E-state index is 11.7. The molecule has 0 spiro atoms. The summed E-state index contributed by atoms with van der Waals surface area (Å²) in [6.45, 7) is 2.85. The zero-order valence-corrected chi connectivity index (χ0v) is 11.1. The molecular weight excluding hydrogens is 248 g/mol. The molecule has 0 radical (unpaired) electrons. The second kappa shape index (κ2) is 7.53. The second-order valence-corrected chi connectivity index (χ2v) is 4.11. The molecule has 1 atom stereocenters. The Balaban J connectivity index is 2.44. The smallest absolute Gasteiger partial charge is 0.338 e. The van der Waals surface area contributed by atoms with Crippen LogP contribution in [0, 0.1) is 0 Å². The number of carbonyl (C=O) groups is 2. The van der Waals surface area contributed by atoms with Gasteiger partial charge in [-0.1, -0.05) is 19.1 Å². The summed E-state index contributed by atoms with van der Waals surface area (Å²) in [5.41, 5.74) is 1.48. The number of aliphatic hydroxyl groups is 1. The molecular formula is C14H18O5. The summed E-state index contributed by atoms with van der Waals surface area (Å²) in [6.07, 6.45) is -0.182. The SMILES string of the molecule is CCc1cccc(C(=O)OCC(O)COC(C)=O)c1. The molecule has 1 N–H and O–H groups in total. The topological polar surface area (TPSA) is 72.8 Å². The molecule has 0 aliphatic rings. The van der Waals surface area contributed by atoms with E-state index in [9.17, 15) is 14.7 Å². The van der Waals surface area contributed by atoms with Gasteiger partial charge in [-0.2, -0.15) is 0 Å². The van der Waals surface area contributed by atoms with Gasteiger partial charge in [0, 0.05) is 6.92 Å². The Morgan fingerprint density at radius 3 is 2.58 bits per heavy atom. The zero-order chi connectivity index (χ0) is 14.3. The molecule has 0 saturated heterocycles. The maximum Gasteiger partial charge on any atom is 0.338 e. The molecule has 0 aliphatic carbocycles. The zero-order valence-electron chi connectivity index (χ0n) is 11.1. The molecule has 0 aliphatic heterocycles. The average molecular weight is 266 g/mol. The van der Waals surface area contributed by atoms with Crippen LogP contribution in [-0.2, 0) is 20.7 Å². The fourth-order valence-electron chi connectivity index (χ4n) is 1.44. The number of rotatable bonds is 6. The number of carbonyl (C=O) groups excluding carboxylic acids is 2. The molecule has 0 bridgehead atoms. The van der Waals surface area contributed by atoms with E-state index in [-0.39, 0.29) is 13.2 Å². The Morgan fingerprint density at radius 1 is 1.26 bits per heavy atom. The molecule has 5 nitrogen and oxygen atoms in total. The summed E-state index contributed by atoms with van der Waals surface area (Å²) in [6, 6.07) is 7.11. The lowest BCUT2D eigenvalue weighted by molar-refractivity contribution is -0.144. The minimum absolute atomic E-state index is 0.183. The van der Waals surface area contributed by atoms with E-state index in [1.807, 2.05) is 13.0 Å². The molecule has 0 aromatic heterocycles. The van der Waals surface area contributed by atoms with Crippen LogP contribution >= 0.6 is 0 Å². The fourth-order valence-corrected chi connectivity index (χ4v) is 1.44. The van der Waals surface area contributed by atoms with Crippen molar-refractivity contribution in [3.05, 3.63) is 35.4 Å². The molecule has 1 unspecified atom stereocenters. The van der Waals surface area contributed by atoms with Gasteiger partial charge in [-0.3, -0.25) is 4.79 Å². The largest absolute Gasteiger partial charge is 0.463 e. The third-order valence-corrected chi connectivity index (χ3v) is 2.46. The van der Waals surface area contributed by atoms with E-state index < -0.39 is 18.0 Å². The lowest BCUT2D eigenvalue weighted by Crippen LogP contribution is -2.24. The highest BCUT2D eigenvalue weighted by atomic mass is 16.6. The van der Waals surface area contributed by atoms with Crippen molar-refractivity contribution < 1.29 is 24.2 Å². The number of esters is 2. The van der Waals surface area contributed by atoms with Crippen molar-refractivity contribution in [1.29, 1.82) is 0 Å². The predicted molar refractivity (Wildman–Crippen MR) is 68.7 cm³/mol. The lowest BCUT2D eigenvalue weighted by Gasteiger charge is -2.11. The van der Waals surface area contributed by atoms with Crippen molar-refractivity contribution in [2.75, 3.05) is 13.2 Å². The Bertz CT molecular complexity index is 441. The van der Waals surface area contributed by atoms with Gasteiger partial charge in [0.05, 0.1) is 5.56 Å². The maximum absolute atomic E-state index is 11.7. The summed E-state index contributed by atoms with van der Waals surface area (Å²) < 4.78 is 9.54. The highest BCUT2D eigenvalue weighted by molar-refractivity contribution is 5.89. The molecule has 0 heterocycles. The van der Waals surface area contributed by atoms with E-state index >= 15 is 0 Å². The average Bonchev–Trinajstić information content (AvgIpc) is 2.42. The van der Waals surface area contributed by atoms with Gasteiger partial charge < -0.3 is 14.6 Å². The minimum atomic E-state index is -1.01. The van der Waals surface area contributed by atoms with Crippen molar-refractivity contribution in [2.24, 2.45) is 0 Å². The van der Waals surface area contributed by atoms with Crippen LogP contribution in [0.25, 0.3) is 0 Å². The fraction of sp³-hybridized carbons (Fsp3) is 0.429. The molecule has 0 fully saturated rings. The summed E-state index contributed by atoms with van der Waals surface area (Å²) in [7, 11) is 0. The number of aryl methyl sites for hydroxylation is 1. The van der Waals surface area contributed by atoms with Crippen LogP contribution in [-0.4, -0.2) is 36.4 Å². The Morgan fingerprint density at radius 2 is 1.95 bits per heavy atom. The van der Waals surface area contributed by atoms with E-state index in [1.165, 1.54) is 6.92 Å². The summed E-state index contributed by atoms with van der Waals surface area (Å²) in [5.74, 6) is -0.988. The van der Waals surface area contributed by atoms with E-state index in [4.69, 9.17) is 4.74 Å². The van der Waals surface area contributed by atoms with Gasteiger partial charge in [-0.15, -0.1) is 0 Å². The normalized spacial score (nSPS) is 11.7. The van der Waals surface area contributed by atoms with E-state index in [2.05, 4.69) is 4.74 Å². The summed E-state index contributed by atoms with van der Waals surface area (Å²) in [4.78, 5) is 22.3. The molecule has 0 amide bonds. The van der Waals surface area contributed by atoms with Gasteiger partial charge in [0.25, 0.3) is 0 Å². The number of hydrogen-bond acceptors (Lipinski definition) is 5. The molecule has 19 heavy (non-hydrogen) atoms. The van der Waals surface area contributed by atoms with Crippen molar-refractivity contribution >= 4 is 11.9 Å². The third-order valence-electron chi connectivity index (χ3n) is 2.46. The van der Waals surface area contributed by atoms with Crippen molar-refractivity contribution in [3.8, 4) is 0 Å². The first-order valence-corrected chi connectivity index (χ1v) is 6.10. The number of aliphatic hydroxyl groups excluding tert-OH is 1. The Labute approximate surface area is 112 Å². The second-order valence-electron chi connectivity index (χ2n) is 4.11. The predicted octanol–water partition coefficient (Wildman–Crippen LogP) is 1.33. The number of ether oxygens (including phenoxy) is 2. The molecule has 1 aromatic carbocycles. The summed E-state index contributed by atoms with van der Waals surface area (Å²) in [5, 5.41) is 9.44. The first-order valence-electron chi connectivity index (χ1n) is 6.10. The molecule has 104 valence electrons. The molecule has 5 heteroatoms. The van der Waals surface area contributed by atoms with Crippen LogP contribution in [0.5, 0.6) is 0 Å². The van der Waals surface area contributed by atoms with Crippen LogP contribution in [0.15, 0.2) is 24.3 Å². The first kappa shape index (κ1) is 15.2. The third kappa shape index (κ3) is 5.52. The van der Waals surface area contributed by atoms with Crippen LogP contribution < -0.4 is 0 Å². The lowest BCUT2D eigenvalue weighted by atomic mass is 10.1. The standard InChI is InChI=1S/C14H18O5/c1-3-11-5-4-6-12(7-11)14(17)19-9-13(16)8-18-10(2)15/h4-7,13,16H,3,8-9H2,1-2H3. The van der Waals surface area contributed by atoms with Crippen molar-refractivity contribution in [3.63, 3.8) is 0 Å². The molecule has 1 aromatic rings. The highest BCUT2D eigenvalue weighted by Gasteiger charge is 2.12. The van der Waals surface area contributed by atoms with E-state index in [1.54, 1.807) is 18.2 Å². The minimum Gasteiger partial charge on any atom is -0.463 e. The monoisotopic (exact) mass is 266 g/mol. The van der Waals surface area contributed by atoms with Crippen molar-refractivity contribution in [2.45, 2.75) is 26.4 Å². The Kier molecular flexibility index (Phi) is 6.02. The van der Waals surface area contributed by atoms with Gasteiger partial charge in [0.1, 0.15) is 19.3 Å². The van der Waals surface area contributed by atoms with Crippen LogP contribution in [0.1, 0.15) is 29.8 Å². The molecule has 0 saturated carbocycles. The van der Waals surface area contributed by atoms with Gasteiger partial charge in [-0.05, 0) is 24.1 Å². The van der Waals surface area contributed by atoms with Gasteiger partial charge in [0.15, 0.2) is 0 Å². The number of hydrogen-bond donors (Lipinski definition) is 1. The van der Waals surface area contributed by atoms with Gasteiger partial charge in [-0.25, -0.2) is 4.79 Å². The van der Waals surface area contributed by atoms with Crippen LogP contribution in [0.2, 0.25) is 0 Å². The van der Waals surface area contributed by atoms with Gasteiger partial charge >= 0.3 is 11.9 Å². The highest BCUT2D eigenvalue weighted by Crippen LogP contribution is 2.07. The van der Waals surface area contributed by atoms with Crippen LogP contribution in [0.3, 0.4) is 0 Å².